The first kappa shape index (κ1) is 18.4. The molecule has 2 rings (SSSR count). The number of carbonyl (C=O) groups is 1. The van der Waals surface area contributed by atoms with Crippen LogP contribution in [0.3, 0.4) is 0 Å². The molecule has 0 aliphatic rings. The molecule has 24 heavy (non-hydrogen) atoms. The Morgan fingerprint density at radius 2 is 2.00 bits per heavy atom. The van der Waals surface area contributed by atoms with Crippen molar-refractivity contribution in [2.75, 3.05) is 20.8 Å². The average molecular weight is 373 g/mol. The summed E-state index contributed by atoms with van der Waals surface area (Å²) in [4.78, 5) is 12.2. The molecule has 0 bridgehead atoms. The Morgan fingerprint density at radius 3 is 2.54 bits per heavy atom. The second-order valence-corrected chi connectivity index (χ2v) is 5.83. The first-order valence-electron chi connectivity index (χ1n) is 7.08. The van der Waals surface area contributed by atoms with Gasteiger partial charge < -0.3 is 24.5 Å². The van der Waals surface area contributed by atoms with E-state index in [0.29, 0.717) is 27.8 Å². The molecule has 0 saturated carbocycles. The zero-order valence-corrected chi connectivity index (χ0v) is 15.0. The number of halogens is 2. The van der Waals surface area contributed by atoms with Gasteiger partial charge in [0.25, 0.3) is 5.91 Å². The topological polar surface area (TPSA) is 72.7 Å². The quantitative estimate of drug-likeness (QED) is 0.817. The van der Waals surface area contributed by atoms with Gasteiger partial charge in [-0.3, -0.25) is 4.79 Å². The zero-order chi connectivity index (χ0) is 17.9. The maximum atomic E-state index is 12.2. The van der Waals surface area contributed by atoms with Gasteiger partial charge in [-0.1, -0.05) is 23.2 Å². The van der Waals surface area contributed by atoms with Crippen LogP contribution < -0.4 is 14.8 Å². The third-order valence-electron chi connectivity index (χ3n) is 3.60. The second-order valence-electron chi connectivity index (χ2n) is 5.06. The third-order valence-corrected chi connectivity index (χ3v) is 4.44. The third kappa shape index (κ3) is 3.77. The smallest absolute Gasteiger partial charge is 0.268 e. The minimum Gasteiger partial charge on any atom is -0.497 e. The monoisotopic (exact) mass is 372 g/mol. The van der Waals surface area contributed by atoms with E-state index >= 15 is 0 Å². The first-order chi connectivity index (χ1) is 11.4. The van der Waals surface area contributed by atoms with E-state index in [0.717, 1.165) is 0 Å². The first-order valence-corrected chi connectivity index (χ1v) is 7.83. The molecule has 0 saturated heterocycles. The SMILES string of the molecule is COc1ccc(OC)c([C@H](O)CNC(=O)c2cc(Cl)c(Cl)n2C)c1. The molecule has 2 aromatic rings. The van der Waals surface area contributed by atoms with Crippen LogP contribution in [0.15, 0.2) is 24.3 Å². The number of nitrogens with one attached hydrogen (secondary N) is 1. The number of ether oxygens (including phenoxy) is 2. The Kier molecular flexibility index (Phi) is 5.99. The average Bonchev–Trinajstić information content (AvgIpc) is 2.86. The number of benzene rings is 1. The molecule has 0 aliphatic carbocycles. The number of rotatable bonds is 6. The van der Waals surface area contributed by atoms with Gasteiger partial charge in [0.05, 0.1) is 19.2 Å². The van der Waals surface area contributed by atoms with Crippen LogP contribution in [0, 0.1) is 0 Å². The highest BCUT2D eigenvalue weighted by Gasteiger charge is 2.19. The minimum atomic E-state index is -0.967. The highest BCUT2D eigenvalue weighted by Crippen LogP contribution is 2.29. The van der Waals surface area contributed by atoms with E-state index in [4.69, 9.17) is 32.7 Å². The van der Waals surface area contributed by atoms with Crippen molar-refractivity contribution in [3.05, 3.63) is 45.7 Å². The number of aliphatic hydroxyl groups is 1. The molecular formula is C16H18Cl2N2O4. The molecule has 1 aromatic heterocycles. The van der Waals surface area contributed by atoms with Crippen molar-refractivity contribution in [3.63, 3.8) is 0 Å². The number of aliphatic hydroxyl groups excluding tert-OH is 1. The largest absolute Gasteiger partial charge is 0.497 e. The van der Waals surface area contributed by atoms with Gasteiger partial charge in [-0.15, -0.1) is 0 Å². The van der Waals surface area contributed by atoms with Gasteiger partial charge in [-0.2, -0.15) is 0 Å². The molecule has 130 valence electrons. The molecule has 1 heterocycles. The van der Waals surface area contributed by atoms with Gasteiger partial charge >= 0.3 is 0 Å². The van der Waals surface area contributed by atoms with E-state index in [-0.39, 0.29) is 11.7 Å². The lowest BCUT2D eigenvalue weighted by Gasteiger charge is -2.16. The van der Waals surface area contributed by atoms with Crippen LogP contribution in [0.25, 0.3) is 0 Å². The highest BCUT2D eigenvalue weighted by molar-refractivity contribution is 6.41. The van der Waals surface area contributed by atoms with Crippen LogP contribution in [0.5, 0.6) is 11.5 Å². The number of nitrogens with zero attached hydrogens (tertiary/aromatic N) is 1. The zero-order valence-electron chi connectivity index (χ0n) is 13.5. The van der Waals surface area contributed by atoms with Gasteiger partial charge in [0, 0.05) is 19.2 Å². The lowest BCUT2D eigenvalue weighted by molar-refractivity contribution is 0.0906. The normalized spacial score (nSPS) is 11.9. The van der Waals surface area contributed by atoms with Crippen LogP contribution >= 0.6 is 23.2 Å². The van der Waals surface area contributed by atoms with Crippen molar-refractivity contribution in [2.45, 2.75) is 6.10 Å². The molecule has 0 fully saturated rings. The Hall–Kier alpha value is -1.89. The van der Waals surface area contributed by atoms with Crippen molar-refractivity contribution in [1.29, 1.82) is 0 Å². The molecule has 6 nitrogen and oxygen atoms in total. The highest BCUT2D eigenvalue weighted by atomic mass is 35.5. The summed E-state index contributed by atoms with van der Waals surface area (Å²) in [7, 11) is 4.66. The predicted octanol–water partition coefficient (Wildman–Crippen LogP) is 2.81. The van der Waals surface area contributed by atoms with Crippen LogP contribution in [0.4, 0.5) is 0 Å². The number of methoxy groups -OCH3 is 2. The fourth-order valence-electron chi connectivity index (χ4n) is 2.25. The second kappa shape index (κ2) is 7.79. The molecule has 0 aliphatic heterocycles. The van der Waals surface area contributed by atoms with Gasteiger partial charge in [0.1, 0.15) is 28.5 Å². The fraction of sp³-hybridized carbons (Fsp3) is 0.312. The van der Waals surface area contributed by atoms with E-state index < -0.39 is 12.0 Å². The van der Waals surface area contributed by atoms with Gasteiger partial charge in [0.2, 0.25) is 0 Å². The van der Waals surface area contributed by atoms with E-state index in [2.05, 4.69) is 5.32 Å². The van der Waals surface area contributed by atoms with Crippen LogP contribution in [-0.2, 0) is 7.05 Å². The van der Waals surface area contributed by atoms with Crippen LogP contribution in [-0.4, -0.2) is 36.3 Å². The Balaban J connectivity index is 2.11. The summed E-state index contributed by atoms with van der Waals surface area (Å²) in [5.41, 5.74) is 0.815. The molecule has 8 heteroatoms. The summed E-state index contributed by atoms with van der Waals surface area (Å²) >= 11 is 11.8. The molecule has 1 amide bonds. The summed E-state index contributed by atoms with van der Waals surface area (Å²) in [6.07, 6.45) is -0.967. The maximum Gasteiger partial charge on any atom is 0.268 e. The molecule has 1 aromatic carbocycles. The number of hydrogen-bond donors (Lipinski definition) is 2. The van der Waals surface area contributed by atoms with Crippen molar-refractivity contribution in [2.24, 2.45) is 7.05 Å². The van der Waals surface area contributed by atoms with E-state index in [1.54, 1.807) is 25.2 Å². The number of hydrogen-bond acceptors (Lipinski definition) is 4. The molecular weight excluding hydrogens is 355 g/mol. The van der Waals surface area contributed by atoms with E-state index in [1.165, 1.54) is 24.9 Å². The predicted molar refractivity (Wildman–Crippen MR) is 92.3 cm³/mol. The van der Waals surface area contributed by atoms with Crippen LogP contribution in [0.2, 0.25) is 10.2 Å². The number of amides is 1. The van der Waals surface area contributed by atoms with Gasteiger partial charge in [0.15, 0.2) is 0 Å². The Labute approximate surface area is 149 Å². The number of aromatic nitrogens is 1. The molecule has 0 spiro atoms. The molecule has 1 atom stereocenters. The maximum absolute atomic E-state index is 12.2. The van der Waals surface area contributed by atoms with Crippen molar-refractivity contribution >= 4 is 29.1 Å². The molecule has 0 unspecified atom stereocenters. The summed E-state index contributed by atoms with van der Waals surface area (Å²) in [5, 5.41) is 13.6. The molecule has 2 N–H and O–H groups in total. The van der Waals surface area contributed by atoms with Gasteiger partial charge in [-0.25, -0.2) is 0 Å². The Morgan fingerprint density at radius 1 is 1.29 bits per heavy atom. The fourth-order valence-corrected chi connectivity index (χ4v) is 2.63. The summed E-state index contributed by atoms with van der Waals surface area (Å²) in [5.74, 6) is 0.687. The van der Waals surface area contributed by atoms with Crippen molar-refractivity contribution in [3.8, 4) is 11.5 Å². The number of carbonyl (C=O) groups excluding carboxylic acids is 1. The van der Waals surface area contributed by atoms with Gasteiger partial charge in [-0.05, 0) is 24.3 Å². The summed E-state index contributed by atoms with van der Waals surface area (Å²) < 4.78 is 11.8. The van der Waals surface area contributed by atoms with E-state index in [9.17, 15) is 9.90 Å². The molecule has 0 radical (unpaired) electrons. The lowest BCUT2D eigenvalue weighted by atomic mass is 10.1. The minimum absolute atomic E-state index is 0.0111. The van der Waals surface area contributed by atoms with Crippen LogP contribution in [0.1, 0.15) is 22.2 Å². The Bertz CT molecular complexity index is 746. The summed E-state index contributed by atoms with van der Waals surface area (Å²) in [6, 6.07) is 6.54. The van der Waals surface area contributed by atoms with Crippen molar-refractivity contribution < 1.29 is 19.4 Å². The standard InChI is InChI=1S/C16H18Cl2N2O4/c1-20-12(7-11(17)15(20)18)16(22)19-8-13(21)10-6-9(23-2)4-5-14(10)24-3/h4-7,13,21H,8H2,1-3H3,(H,19,22)/t13-/m1/s1. The van der Waals surface area contributed by atoms with Crippen molar-refractivity contribution in [1.82, 2.24) is 9.88 Å². The lowest BCUT2D eigenvalue weighted by Crippen LogP contribution is -2.29. The van der Waals surface area contributed by atoms with E-state index in [1.807, 2.05) is 0 Å². The summed E-state index contributed by atoms with van der Waals surface area (Å²) in [6.45, 7) is -0.0111.